The molecule has 0 spiro atoms. The van der Waals surface area contributed by atoms with Gasteiger partial charge in [0.15, 0.2) is 0 Å². The van der Waals surface area contributed by atoms with E-state index in [0.29, 0.717) is 4.48 Å². The van der Waals surface area contributed by atoms with Crippen molar-refractivity contribution in [1.29, 1.82) is 0 Å². The highest BCUT2D eigenvalue weighted by Gasteiger charge is 2.04. The maximum atomic E-state index is 9.89. The molecule has 4 heteroatoms. The summed E-state index contributed by atoms with van der Waals surface area (Å²) in [6, 6.07) is 0. The number of hydrogen-bond acceptors (Lipinski definition) is 3. The molecule has 0 aliphatic carbocycles. The molecule has 0 aromatic rings. The van der Waals surface area contributed by atoms with E-state index in [4.69, 9.17) is 5.11 Å². The van der Waals surface area contributed by atoms with Gasteiger partial charge in [-0.2, -0.15) is 0 Å². The second-order valence-corrected chi connectivity index (χ2v) is 5.87. The molecule has 4 nitrogen and oxygen atoms in total. The molecule has 112 valence electrons. The number of likely N-dealkylation sites (N-methyl/N-ethyl adjacent to an activating group) is 1. The van der Waals surface area contributed by atoms with Gasteiger partial charge in [-0.1, -0.05) is 23.3 Å². The van der Waals surface area contributed by atoms with Gasteiger partial charge >= 0.3 is 0 Å². The lowest BCUT2D eigenvalue weighted by atomic mass is 10.1. The first-order valence-corrected chi connectivity index (χ1v) is 6.48. The number of hydrogen-bond donors (Lipinski definition) is 1. The van der Waals surface area contributed by atoms with Crippen molar-refractivity contribution in [3.63, 3.8) is 0 Å². The van der Waals surface area contributed by atoms with Crippen LogP contribution in [-0.4, -0.2) is 49.9 Å². The normalized spacial score (nSPS) is 11.4. The van der Waals surface area contributed by atoms with Gasteiger partial charge in [0.1, 0.15) is 6.54 Å². The summed E-state index contributed by atoms with van der Waals surface area (Å²) in [6.45, 7) is 6.49. The number of aliphatic hydroxyl groups is 1. The minimum absolute atomic E-state index is 0.0694. The summed E-state index contributed by atoms with van der Waals surface area (Å²) in [7, 11) is 5.40. The van der Waals surface area contributed by atoms with Crippen LogP contribution in [0.4, 0.5) is 0 Å². The standard InChI is InChI=1S/C10H18O.C5H11NO2/c1-9(2)5-4-6-10(3)7-8-11;1-6(2,3)4-5(7)8/h5,7,11H,4,6,8H2,1-3H3;4H2,1-3H3/b10-7+;. The first-order chi connectivity index (χ1) is 8.58. The Bertz CT molecular complexity index is 308. The molecule has 0 atom stereocenters. The molecule has 0 aromatic carbocycles. The summed E-state index contributed by atoms with van der Waals surface area (Å²) in [5, 5.41) is 18.4. The summed E-state index contributed by atoms with van der Waals surface area (Å²) in [5.74, 6) is -1.00. The molecule has 0 aliphatic heterocycles. The second kappa shape index (κ2) is 10.8. The van der Waals surface area contributed by atoms with Gasteiger partial charge in [-0.25, -0.2) is 0 Å². The molecular formula is C15H29NO3. The fourth-order valence-electron chi connectivity index (χ4n) is 1.23. The molecular weight excluding hydrogens is 242 g/mol. The number of carbonyl (C=O) groups is 1. The van der Waals surface area contributed by atoms with Crippen molar-refractivity contribution in [3.8, 4) is 0 Å². The zero-order chi connectivity index (χ0) is 15.5. The van der Waals surface area contributed by atoms with E-state index in [1.165, 1.54) is 11.1 Å². The molecule has 0 rings (SSSR count). The highest BCUT2D eigenvalue weighted by molar-refractivity contribution is 5.65. The third-order valence-corrected chi connectivity index (χ3v) is 2.13. The van der Waals surface area contributed by atoms with E-state index in [9.17, 15) is 9.90 Å². The van der Waals surface area contributed by atoms with Crippen LogP contribution in [-0.2, 0) is 4.79 Å². The predicted octanol–water partition coefficient (Wildman–Crippen LogP) is 1.11. The van der Waals surface area contributed by atoms with Crippen molar-refractivity contribution in [2.24, 2.45) is 0 Å². The maximum absolute atomic E-state index is 9.89. The Labute approximate surface area is 117 Å². The van der Waals surface area contributed by atoms with Crippen molar-refractivity contribution in [2.75, 3.05) is 34.3 Å². The Kier molecular flexibility index (Phi) is 11.4. The lowest BCUT2D eigenvalue weighted by molar-refractivity contribution is -0.864. The smallest absolute Gasteiger partial charge is 0.118 e. The molecule has 0 radical (unpaired) electrons. The van der Waals surface area contributed by atoms with Gasteiger partial charge in [-0.05, 0) is 33.6 Å². The van der Waals surface area contributed by atoms with E-state index < -0.39 is 5.97 Å². The highest BCUT2D eigenvalue weighted by atomic mass is 16.4. The van der Waals surface area contributed by atoms with E-state index in [1.807, 2.05) is 6.08 Å². The Balaban J connectivity index is 0. The van der Waals surface area contributed by atoms with Crippen molar-refractivity contribution < 1.29 is 19.5 Å². The molecule has 0 fully saturated rings. The van der Waals surface area contributed by atoms with Crippen LogP contribution in [0.3, 0.4) is 0 Å². The molecule has 0 saturated heterocycles. The SMILES string of the molecule is CC(C)=CCC/C(C)=C/CO.C[N+](C)(C)CC(=O)[O-]. The lowest BCUT2D eigenvalue weighted by Gasteiger charge is -2.23. The molecule has 0 aliphatic rings. The van der Waals surface area contributed by atoms with Crippen molar-refractivity contribution >= 4 is 5.97 Å². The van der Waals surface area contributed by atoms with Crippen molar-refractivity contribution in [2.45, 2.75) is 33.6 Å². The van der Waals surface area contributed by atoms with Crippen molar-refractivity contribution in [1.82, 2.24) is 0 Å². The van der Waals surface area contributed by atoms with Gasteiger partial charge in [0, 0.05) is 0 Å². The Morgan fingerprint density at radius 1 is 1.16 bits per heavy atom. The quantitative estimate of drug-likeness (QED) is 0.581. The van der Waals surface area contributed by atoms with Crippen LogP contribution >= 0.6 is 0 Å². The number of quaternary nitrogens is 1. The van der Waals surface area contributed by atoms with Gasteiger partial charge in [0.05, 0.1) is 33.7 Å². The largest absolute Gasteiger partial charge is 0.544 e. The summed E-state index contributed by atoms with van der Waals surface area (Å²) >= 11 is 0. The molecule has 0 amide bonds. The number of carbonyl (C=O) groups excluding carboxylic acids is 1. The number of carboxylic acid groups (broad SMARTS) is 1. The first kappa shape index (κ1) is 20.2. The van der Waals surface area contributed by atoms with Crippen LogP contribution in [0, 0.1) is 0 Å². The topological polar surface area (TPSA) is 60.4 Å². The van der Waals surface area contributed by atoms with Gasteiger partial charge in [-0.15, -0.1) is 0 Å². The van der Waals surface area contributed by atoms with Crippen LogP contribution in [0.1, 0.15) is 33.6 Å². The molecule has 0 aromatic heterocycles. The second-order valence-electron chi connectivity index (χ2n) is 5.87. The zero-order valence-electron chi connectivity index (χ0n) is 13.2. The average molecular weight is 271 g/mol. The minimum atomic E-state index is -1.00. The lowest BCUT2D eigenvalue weighted by Crippen LogP contribution is -2.45. The molecule has 0 saturated carbocycles. The summed E-state index contributed by atoms with van der Waals surface area (Å²) in [4.78, 5) is 9.89. The van der Waals surface area contributed by atoms with Gasteiger partial charge < -0.3 is 19.5 Å². The van der Waals surface area contributed by atoms with E-state index in [2.05, 4.69) is 26.8 Å². The molecule has 19 heavy (non-hydrogen) atoms. The number of carboxylic acids is 1. The third kappa shape index (κ3) is 22.5. The summed E-state index contributed by atoms with van der Waals surface area (Å²) in [5.41, 5.74) is 2.63. The first-order valence-electron chi connectivity index (χ1n) is 6.48. The Hall–Kier alpha value is -1.13. The van der Waals surface area contributed by atoms with Crippen LogP contribution in [0.2, 0.25) is 0 Å². The van der Waals surface area contributed by atoms with E-state index in [0.717, 1.165) is 12.8 Å². The van der Waals surface area contributed by atoms with E-state index in [1.54, 1.807) is 21.1 Å². The number of aliphatic hydroxyl groups excluding tert-OH is 1. The highest BCUT2D eigenvalue weighted by Crippen LogP contribution is 2.05. The Morgan fingerprint density at radius 3 is 1.95 bits per heavy atom. The number of allylic oxidation sites excluding steroid dienone is 3. The van der Waals surface area contributed by atoms with Crippen molar-refractivity contribution in [3.05, 3.63) is 23.3 Å². The molecule has 1 N–H and O–H groups in total. The van der Waals surface area contributed by atoms with Crippen LogP contribution in [0.25, 0.3) is 0 Å². The summed E-state index contributed by atoms with van der Waals surface area (Å²) in [6.07, 6.45) is 6.23. The fraction of sp³-hybridized carbons (Fsp3) is 0.667. The van der Waals surface area contributed by atoms with E-state index >= 15 is 0 Å². The van der Waals surface area contributed by atoms with Gasteiger partial charge in [0.25, 0.3) is 0 Å². The Morgan fingerprint density at radius 2 is 1.68 bits per heavy atom. The van der Waals surface area contributed by atoms with E-state index in [-0.39, 0.29) is 13.2 Å². The number of aliphatic carboxylic acids is 1. The van der Waals surface area contributed by atoms with Gasteiger partial charge in [0.2, 0.25) is 0 Å². The average Bonchev–Trinajstić information content (AvgIpc) is 2.13. The van der Waals surface area contributed by atoms with Gasteiger partial charge in [-0.3, -0.25) is 0 Å². The zero-order valence-corrected chi connectivity index (χ0v) is 13.2. The third-order valence-electron chi connectivity index (χ3n) is 2.13. The minimum Gasteiger partial charge on any atom is -0.544 e. The monoisotopic (exact) mass is 271 g/mol. The number of rotatable bonds is 6. The molecule has 0 bridgehead atoms. The summed E-state index contributed by atoms with van der Waals surface area (Å²) < 4.78 is 0.419. The maximum Gasteiger partial charge on any atom is 0.118 e. The molecule has 0 unspecified atom stereocenters. The van der Waals surface area contributed by atoms with Crippen LogP contribution in [0.5, 0.6) is 0 Å². The fourth-order valence-corrected chi connectivity index (χ4v) is 1.23. The van der Waals surface area contributed by atoms with Crippen LogP contribution in [0.15, 0.2) is 23.3 Å². The van der Waals surface area contributed by atoms with Crippen LogP contribution < -0.4 is 5.11 Å². The predicted molar refractivity (Wildman–Crippen MR) is 77.4 cm³/mol. The number of nitrogens with zero attached hydrogens (tertiary/aromatic N) is 1. The molecule has 0 heterocycles.